The van der Waals surface area contributed by atoms with Crippen LogP contribution in [0.15, 0.2) is 23.6 Å². The van der Waals surface area contributed by atoms with E-state index in [1.165, 1.54) is 11.3 Å². The molecule has 2 rings (SSSR count). The van der Waals surface area contributed by atoms with E-state index in [1.807, 2.05) is 24.3 Å². The first kappa shape index (κ1) is 14.4. The normalized spacial score (nSPS) is 10.3. The molecule has 1 aromatic heterocycles. The Morgan fingerprint density at radius 3 is 2.75 bits per heavy atom. The molecule has 0 aliphatic heterocycles. The minimum Gasteiger partial charge on any atom is -0.493 e. The molecular weight excluding hydrogens is 272 g/mol. The van der Waals surface area contributed by atoms with Crippen molar-refractivity contribution in [2.75, 3.05) is 13.7 Å². The number of methoxy groups -OCH3 is 1. The monoisotopic (exact) mass is 288 g/mol. The minimum atomic E-state index is 0.434. The standard InChI is InChI=1S/C15H16N2O2S/c1-10(2)8-19-13-5-4-11(6-14(13)18-3)15-17-12(7-16)9-20-15/h4-6,9-10H,8H2,1-3H3. The third kappa shape index (κ3) is 3.28. The average molecular weight is 288 g/mol. The van der Waals surface area contributed by atoms with Gasteiger partial charge in [0, 0.05) is 10.9 Å². The van der Waals surface area contributed by atoms with Crippen molar-refractivity contribution in [2.45, 2.75) is 13.8 Å². The molecule has 1 aromatic carbocycles. The molecule has 5 heteroatoms. The van der Waals surface area contributed by atoms with E-state index < -0.39 is 0 Å². The summed E-state index contributed by atoms with van der Waals surface area (Å²) in [5, 5.41) is 11.4. The molecule has 0 atom stereocenters. The molecule has 0 bridgehead atoms. The van der Waals surface area contributed by atoms with Crippen molar-refractivity contribution in [1.82, 2.24) is 4.98 Å². The zero-order valence-electron chi connectivity index (χ0n) is 11.7. The highest BCUT2D eigenvalue weighted by molar-refractivity contribution is 7.13. The lowest BCUT2D eigenvalue weighted by atomic mass is 10.2. The van der Waals surface area contributed by atoms with Gasteiger partial charge < -0.3 is 9.47 Å². The molecule has 2 aromatic rings. The smallest absolute Gasteiger partial charge is 0.161 e. The Hall–Kier alpha value is -2.06. The Kier molecular flexibility index (Phi) is 4.59. The number of thiazole rings is 1. The molecule has 4 nitrogen and oxygen atoms in total. The predicted molar refractivity (Wildman–Crippen MR) is 79.2 cm³/mol. The second-order valence-corrected chi connectivity index (χ2v) is 5.58. The lowest BCUT2D eigenvalue weighted by Gasteiger charge is -2.13. The fourth-order valence-corrected chi connectivity index (χ4v) is 2.38. The first-order chi connectivity index (χ1) is 9.63. The van der Waals surface area contributed by atoms with Gasteiger partial charge >= 0.3 is 0 Å². The van der Waals surface area contributed by atoms with Gasteiger partial charge in [-0.3, -0.25) is 0 Å². The number of nitriles is 1. The number of hydrogen-bond acceptors (Lipinski definition) is 5. The van der Waals surface area contributed by atoms with Crippen LogP contribution in [0.4, 0.5) is 0 Å². The summed E-state index contributed by atoms with van der Waals surface area (Å²) >= 11 is 1.44. The number of aromatic nitrogens is 1. The summed E-state index contributed by atoms with van der Waals surface area (Å²) in [6.07, 6.45) is 0. The van der Waals surface area contributed by atoms with E-state index in [2.05, 4.69) is 18.8 Å². The molecule has 0 aliphatic carbocycles. The van der Waals surface area contributed by atoms with Gasteiger partial charge in [0.2, 0.25) is 0 Å². The molecule has 0 saturated carbocycles. The second kappa shape index (κ2) is 6.40. The molecule has 0 saturated heterocycles. The van der Waals surface area contributed by atoms with Crippen LogP contribution >= 0.6 is 11.3 Å². The van der Waals surface area contributed by atoms with Crippen molar-refractivity contribution < 1.29 is 9.47 Å². The van der Waals surface area contributed by atoms with E-state index >= 15 is 0 Å². The lowest BCUT2D eigenvalue weighted by molar-refractivity contribution is 0.257. The maximum absolute atomic E-state index is 8.81. The Bertz CT molecular complexity index is 629. The predicted octanol–water partition coefficient (Wildman–Crippen LogP) is 3.73. The van der Waals surface area contributed by atoms with Gasteiger partial charge in [0.1, 0.15) is 11.1 Å². The highest BCUT2D eigenvalue weighted by Crippen LogP contribution is 2.33. The quantitative estimate of drug-likeness (QED) is 0.841. The molecule has 0 N–H and O–H groups in total. The van der Waals surface area contributed by atoms with Crippen molar-refractivity contribution >= 4 is 11.3 Å². The van der Waals surface area contributed by atoms with Crippen LogP contribution in [0.2, 0.25) is 0 Å². The van der Waals surface area contributed by atoms with Crippen LogP contribution in [0.25, 0.3) is 10.6 Å². The first-order valence-corrected chi connectivity index (χ1v) is 7.19. The SMILES string of the molecule is COc1cc(-c2nc(C#N)cs2)ccc1OCC(C)C. The Balaban J connectivity index is 2.27. The van der Waals surface area contributed by atoms with E-state index in [9.17, 15) is 0 Å². The highest BCUT2D eigenvalue weighted by atomic mass is 32.1. The number of rotatable bonds is 5. The van der Waals surface area contributed by atoms with Gasteiger partial charge in [-0.25, -0.2) is 4.98 Å². The van der Waals surface area contributed by atoms with Crippen LogP contribution < -0.4 is 9.47 Å². The number of hydrogen-bond donors (Lipinski definition) is 0. The Morgan fingerprint density at radius 2 is 2.15 bits per heavy atom. The van der Waals surface area contributed by atoms with Gasteiger partial charge in [-0.15, -0.1) is 11.3 Å². The first-order valence-electron chi connectivity index (χ1n) is 6.31. The summed E-state index contributed by atoms with van der Waals surface area (Å²) in [4.78, 5) is 4.24. The Labute approximate surface area is 122 Å². The fourth-order valence-electron chi connectivity index (χ4n) is 1.63. The summed E-state index contributed by atoms with van der Waals surface area (Å²) in [6, 6.07) is 7.73. The third-order valence-corrected chi connectivity index (χ3v) is 3.49. The van der Waals surface area contributed by atoms with Gasteiger partial charge in [0.05, 0.1) is 13.7 Å². The molecule has 0 fully saturated rings. The minimum absolute atomic E-state index is 0.434. The molecule has 1 heterocycles. The number of benzene rings is 1. The summed E-state index contributed by atoms with van der Waals surface area (Å²) < 4.78 is 11.1. The molecule has 0 spiro atoms. The number of ether oxygens (including phenoxy) is 2. The largest absolute Gasteiger partial charge is 0.493 e. The Morgan fingerprint density at radius 1 is 1.35 bits per heavy atom. The van der Waals surface area contributed by atoms with Crippen LogP contribution in [0, 0.1) is 17.2 Å². The molecule has 0 amide bonds. The van der Waals surface area contributed by atoms with Gasteiger partial charge in [-0.1, -0.05) is 13.8 Å². The lowest BCUT2D eigenvalue weighted by Crippen LogP contribution is -2.05. The van der Waals surface area contributed by atoms with E-state index in [-0.39, 0.29) is 0 Å². The summed E-state index contributed by atoms with van der Waals surface area (Å²) in [5.74, 6) is 1.86. The van der Waals surface area contributed by atoms with Crippen LogP contribution in [0.5, 0.6) is 11.5 Å². The molecular formula is C15H16N2O2S. The van der Waals surface area contributed by atoms with Crippen LogP contribution in [0.3, 0.4) is 0 Å². The average Bonchev–Trinajstić information content (AvgIpc) is 2.93. The zero-order valence-corrected chi connectivity index (χ0v) is 12.5. The van der Waals surface area contributed by atoms with Crippen molar-refractivity contribution in [2.24, 2.45) is 5.92 Å². The van der Waals surface area contributed by atoms with E-state index in [0.29, 0.717) is 24.0 Å². The van der Waals surface area contributed by atoms with Crippen molar-refractivity contribution in [3.05, 3.63) is 29.3 Å². The molecule has 104 valence electrons. The van der Waals surface area contributed by atoms with Gasteiger partial charge in [-0.2, -0.15) is 5.26 Å². The summed E-state index contributed by atoms with van der Waals surface area (Å²) in [5.41, 5.74) is 1.36. The molecule has 20 heavy (non-hydrogen) atoms. The van der Waals surface area contributed by atoms with Gasteiger partial charge in [0.15, 0.2) is 17.2 Å². The number of nitrogens with zero attached hydrogens (tertiary/aromatic N) is 2. The van der Waals surface area contributed by atoms with Crippen LogP contribution in [-0.2, 0) is 0 Å². The van der Waals surface area contributed by atoms with E-state index in [4.69, 9.17) is 14.7 Å². The van der Waals surface area contributed by atoms with E-state index in [1.54, 1.807) is 12.5 Å². The fraction of sp³-hybridized carbons (Fsp3) is 0.333. The molecule has 0 unspecified atom stereocenters. The third-order valence-electron chi connectivity index (χ3n) is 2.60. The van der Waals surface area contributed by atoms with Crippen molar-refractivity contribution in [1.29, 1.82) is 5.26 Å². The van der Waals surface area contributed by atoms with E-state index in [0.717, 1.165) is 16.3 Å². The summed E-state index contributed by atoms with van der Waals surface area (Å²) in [6.45, 7) is 4.84. The zero-order chi connectivity index (χ0) is 14.5. The molecule has 0 aliphatic rings. The highest BCUT2D eigenvalue weighted by Gasteiger charge is 2.10. The topological polar surface area (TPSA) is 55.1 Å². The van der Waals surface area contributed by atoms with Gasteiger partial charge in [-0.05, 0) is 24.1 Å². The van der Waals surface area contributed by atoms with Crippen LogP contribution in [0.1, 0.15) is 19.5 Å². The maximum Gasteiger partial charge on any atom is 0.161 e. The maximum atomic E-state index is 8.81. The van der Waals surface area contributed by atoms with Crippen LogP contribution in [-0.4, -0.2) is 18.7 Å². The van der Waals surface area contributed by atoms with Gasteiger partial charge in [0.25, 0.3) is 0 Å². The molecule has 0 radical (unpaired) electrons. The van der Waals surface area contributed by atoms with Crippen molar-refractivity contribution in [3.8, 4) is 28.1 Å². The second-order valence-electron chi connectivity index (χ2n) is 4.72. The summed E-state index contributed by atoms with van der Waals surface area (Å²) in [7, 11) is 1.61. The van der Waals surface area contributed by atoms with Crippen molar-refractivity contribution in [3.63, 3.8) is 0 Å².